The minimum atomic E-state index is -0.915. The highest BCUT2D eigenvalue weighted by atomic mass is 16.5. The Labute approximate surface area is 97.0 Å². The summed E-state index contributed by atoms with van der Waals surface area (Å²) in [5.74, 6) is 1.52. The molecule has 0 amide bonds. The fraction of sp³-hybridized carbons (Fsp3) is 0.538. The molecule has 0 aliphatic carbocycles. The second kappa shape index (κ2) is 4.74. The second-order valence-corrected chi connectivity index (χ2v) is 4.24. The van der Waals surface area contributed by atoms with Gasteiger partial charge in [0, 0.05) is 11.1 Å². The molecule has 1 N–H and O–H groups in total. The molecule has 1 aromatic rings. The van der Waals surface area contributed by atoms with Crippen LogP contribution < -0.4 is 9.47 Å². The summed E-state index contributed by atoms with van der Waals surface area (Å²) in [5, 5.41) is 10.1. The standard InChI is InChI=1S/C13H20O3/c1-6-9-11(15-4)8-7-10(12(9)16-5)13(2,3)14/h7-8,14H,6H2,1-5H3. The van der Waals surface area contributed by atoms with Gasteiger partial charge in [-0.2, -0.15) is 0 Å². The highest BCUT2D eigenvalue weighted by Gasteiger charge is 2.24. The van der Waals surface area contributed by atoms with Gasteiger partial charge in [-0.25, -0.2) is 0 Å². The topological polar surface area (TPSA) is 38.7 Å². The molecule has 3 heteroatoms. The van der Waals surface area contributed by atoms with Crippen molar-refractivity contribution in [2.24, 2.45) is 0 Å². The van der Waals surface area contributed by atoms with E-state index in [2.05, 4.69) is 0 Å². The van der Waals surface area contributed by atoms with Crippen molar-refractivity contribution in [3.63, 3.8) is 0 Å². The number of hydrogen-bond acceptors (Lipinski definition) is 3. The van der Waals surface area contributed by atoms with Crippen LogP contribution in [0.3, 0.4) is 0 Å². The van der Waals surface area contributed by atoms with Crippen LogP contribution in [0.1, 0.15) is 31.9 Å². The molecule has 0 heterocycles. The molecule has 0 fully saturated rings. The van der Waals surface area contributed by atoms with E-state index in [1.165, 1.54) is 0 Å². The summed E-state index contributed by atoms with van der Waals surface area (Å²) in [6, 6.07) is 3.71. The Balaban J connectivity index is 3.43. The first kappa shape index (κ1) is 12.8. The summed E-state index contributed by atoms with van der Waals surface area (Å²) >= 11 is 0. The Morgan fingerprint density at radius 1 is 1.19 bits per heavy atom. The van der Waals surface area contributed by atoms with Gasteiger partial charge in [-0.05, 0) is 32.4 Å². The summed E-state index contributed by atoms with van der Waals surface area (Å²) in [6.45, 7) is 5.53. The molecule has 0 radical (unpaired) electrons. The predicted octanol–water partition coefficient (Wildman–Crippen LogP) is 2.49. The molecule has 0 bridgehead atoms. The normalized spacial score (nSPS) is 11.4. The molecule has 0 aliphatic rings. The molecule has 3 nitrogen and oxygen atoms in total. The maximum absolute atomic E-state index is 10.1. The van der Waals surface area contributed by atoms with Crippen LogP contribution in [0.15, 0.2) is 12.1 Å². The van der Waals surface area contributed by atoms with Gasteiger partial charge in [0.25, 0.3) is 0 Å². The molecule has 1 aromatic carbocycles. The Morgan fingerprint density at radius 2 is 1.81 bits per heavy atom. The van der Waals surface area contributed by atoms with Crippen molar-refractivity contribution in [1.29, 1.82) is 0 Å². The van der Waals surface area contributed by atoms with Crippen molar-refractivity contribution >= 4 is 0 Å². The number of hydrogen-bond donors (Lipinski definition) is 1. The van der Waals surface area contributed by atoms with Crippen LogP contribution >= 0.6 is 0 Å². The largest absolute Gasteiger partial charge is 0.496 e. The first-order chi connectivity index (χ1) is 7.45. The first-order valence-corrected chi connectivity index (χ1v) is 5.42. The smallest absolute Gasteiger partial charge is 0.131 e. The molecule has 1 rings (SSSR count). The van der Waals surface area contributed by atoms with E-state index >= 15 is 0 Å². The maximum Gasteiger partial charge on any atom is 0.131 e. The van der Waals surface area contributed by atoms with Gasteiger partial charge in [-0.3, -0.25) is 0 Å². The molecule has 0 saturated carbocycles. The van der Waals surface area contributed by atoms with Crippen LogP contribution in [0.25, 0.3) is 0 Å². The van der Waals surface area contributed by atoms with Crippen molar-refractivity contribution in [2.45, 2.75) is 32.8 Å². The quantitative estimate of drug-likeness (QED) is 0.854. The molecule has 0 spiro atoms. The van der Waals surface area contributed by atoms with Gasteiger partial charge < -0.3 is 14.6 Å². The van der Waals surface area contributed by atoms with E-state index < -0.39 is 5.60 Å². The van der Waals surface area contributed by atoms with Crippen molar-refractivity contribution in [3.05, 3.63) is 23.3 Å². The van der Waals surface area contributed by atoms with E-state index in [4.69, 9.17) is 9.47 Å². The molecular weight excluding hydrogens is 204 g/mol. The van der Waals surface area contributed by atoms with Crippen LogP contribution in [0.5, 0.6) is 11.5 Å². The van der Waals surface area contributed by atoms with Crippen LogP contribution in [-0.2, 0) is 12.0 Å². The lowest BCUT2D eigenvalue weighted by Gasteiger charge is -2.23. The van der Waals surface area contributed by atoms with Gasteiger partial charge in [-0.15, -0.1) is 0 Å². The molecule has 0 aromatic heterocycles. The van der Waals surface area contributed by atoms with E-state index in [0.717, 1.165) is 23.3 Å². The number of ether oxygens (including phenoxy) is 2. The predicted molar refractivity (Wildman–Crippen MR) is 64.2 cm³/mol. The average Bonchev–Trinajstić information content (AvgIpc) is 2.25. The van der Waals surface area contributed by atoms with Crippen LogP contribution in [-0.4, -0.2) is 19.3 Å². The van der Waals surface area contributed by atoms with E-state index in [-0.39, 0.29) is 0 Å². The maximum atomic E-state index is 10.1. The molecule has 0 saturated heterocycles. The highest BCUT2D eigenvalue weighted by Crippen LogP contribution is 2.37. The van der Waals surface area contributed by atoms with Crippen LogP contribution in [0.2, 0.25) is 0 Å². The van der Waals surface area contributed by atoms with Crippen molar-refractivity contribution in [3.8, 4) is 11.5 Å². The minimum absolute atomic E-state index is 0.717. The average molecular weight is 224 g/mol. The monoisotopic (exact) mass is 224 g/mol. The lowest BCUT2D eigenvalue weighted by Crippen LogP contribution is -2.17. The third kappa shape index (κ3) is 2.30. The summed E-state index contributed by atoms with van der Waals surface area (Å²) in [4.78, 5) is 0. The van der Waals surface area contributed by atoms with Crippen LogP contribution in [0, 0.1) is 0 Å². The number of aliphatic hydroxyl groups is 1. The van der Waals surface area contributed by atoms with E-state index in [9.17, 15) is 5.11 Å². The summed E-state index contributed by atoms with van der Waals surface area (Å²) < 4.78 is 10.7. The van der Waals surface area contributed by atoms with E-state index in [1.807, 2.05) is 19.1 Å². The fourth-order valence-electron chi connectivity index (χ4n) is 1.85. The summed E-state index contributed by atoms with van der Waals surface area (Å²) in [7, 11) is 3.25. The molecule has 0 atom stereocenters. The zero-order valence-corrected chi connectivity index (χ0v) is 10.6. The molecule has 0 unspecified atom stereocenters. The Bertz CT molecular complexity index is 364. The lowest BCUT2D eigenvalue weighted by molar-refractivity contribution is 0.0754. The van der Waals surface area contributed by atoms with E-state index in [1.54, 1.807) is 28.1 Å². The first-order valence-electron chi connectivity index (χ1n) is 5.42. The second-order valence-electron chi connectivity index (χ2n) is 4.24. The van der Waals surface area contributed by atoms with Gasteiger partial charge in [0.15, 0.2) is 0 Å². The van der Waals surface area contributed by atoms with Gasteiger partial charge in [0.05, 0.1) is 19.8 Å². The van der Waals surface area contributed by atoms with Crippen molar-refractivity contribution in [2.75, 3.05) is 14.2 Å². The van der Waals surface area contributed by atoms with Gasteiger partial charge >= 0.3 is 0 Å². The third-order valence-electron chi connectivity index (χ3n) is 2.65. The highest BCUT2D eigenvalue weighted by molar-refractivity contribution is 5.52. The molecule has 16 heavy (non-hydrogen) atoms. The lowest BCUT2D eigenvalue weighted by atomic mass is 9.93. The minimum Gasteiger partial charge on any atom is -0.496 e. The van der Waals surface area contributed by atoms with Gasteiger partial charge in [-0.1, -0.05) is 6.92 Å². The van der Waals surface area contributed by atoms with Gasteiger partial charge in [0.2, 0.25) is 0 Å². The van der Waals surface area contributed by atoms with Crippen molar-refractivity contribution < 1.29 is 14.6 Å². The van der Waals surface area contributed by atoms with Crippen LogP contribution in [0.4, 0.5) is 0 Å². The number of methoxy groups -OCH3 is 2. The zero-order valence-electron chi connectivity index (χ0n) is 10.6. The number of benzene rings is 1. The summed E-state index contributed by atoms with van der Waals surface area (Å²) in [6.07, 6.45) is 0.802. The molecule has 90 valence electrons. The molecular formula is C13H20O3. The fourth-order valence-corrected chi connectivity index (χ4v) is 1.85. The Morgan fingerprint density at radius 3 is 2.19 bits per heavy atom. The Hall–Kier alpha value is -1.22. The molecule has 0 aliphatic heterocycles. The van der Waals surface area contributed by atoms with E-state index in [0.29, 0.717) is 5.75 Å². The summed E-state index contributed by atoms with van der Waals surface area (Å²) in [5.41, 5.74) is 0.860. The zero-order chi connectivity index (χ0) is 12.3. The SMILES string of the molecule is CCc1c(OC)ccc(C(C)(C)O)c1OC. The van der Waals surface area contributed by atoms with Gasteiger partial charge in [0.1, 0.15) is 11.5 Å². The Kier molecular flexibility index (Phi) is 3.81. The van der Waals surface area contributed by atoms with Crippen molar-refractivity contribution in [1.82, 2.24) is 0 Å². The number of rotatable bonds is 4. The third-order valence-corrected chi connectivity index (χ3v) is 2.65.